The van der Waals surface area contributed by atoms with Gasteiger partial charge in [-0.3, -0.25) is 20.0 Å². The zero-order chi connectivity index (χ0) is 16.9. The van der Waals surface area contributed by atoms with Crippen molar-refractivity contribution in [3.8, 4) is 0 Å². The van der Waals surface area contributed by atoms with Gasteiger partial charge in [0.2, 0.25) is 0 Å². The fourth-order valence-electron chi connectivity index (χ4n) is 2.13. The SMILES string of the molecule is O=C(Nc1ccn[nH]1)c1ccc(Nc2ccccc2)c([N+](=O)[O-])c1. The molecule has 0 radical (unpaired) electrons. The number of nitro benzene ring substituents is 1. The molecule has 0 saturated carbocycles. The summed E-state index contributed by atoms with van der Waals surface area (Å²) in [4.78, 5) is 22.9. The Labute approximate surface area is 136 Å². The van der Waals surface area contributed by atoms with E-state index in [-0.39, 0.29) is 11.3 Å². The molecule has 3 rings (SSSR count). The molecule has 0 aliphatic rings. The van der Waals surface area contributed by atoms with Crippen molar-refractivity contribution in [3.63, 3.8) is 0 Å². The first-order chi connectivity index (χ1) is 11.6. The number of carbonyl (C=O) groups is 1. The molecule has 1 amide bonds. The van der Waals surface area contributed by atoms with Crippen LogP contribution in [0.5, 0.6) is 0 Å². The van der Waals surface area contributed by atoms with Gasteiger partial charge in [-0.1, -0.05) is 18.2 Å². The number of carbonyl (C=O) groups excluding carboxylic acids is 1. The van der Waals surface area contributed by atoms with Gasteiger partial charge in [-0.2, -0.15) is 5.10 Å². The number of hydrogen-bond acceptors (Lipinski definition) is 5. The zero-order valence-electron chi connectivity index (χ0n) is 12.4. The van der Waals surface area contributed by atoms with Crippen molar-refractivity contribution in [1.82, 2.24) is 10.2 Å². The van der Waals surface area contributed by atoms with Crippen molar-refractivity contribution in [2.75, 3.05) is 10.6 Å². The van der Waals surface area contributed by atoms with Crippen molar-refractivity contribution < 1.29 is 9.72 Å². The monoisotopic (exact) mass is 323 g/mol. The Balaban J connectivity index is 1.87. The molecule has 0 unspecified atom stereocenters. The number of rotatable bonds is 5. The van der Waals surface area contributed by atoms with Crippen LogP contribution in [-0.2, 0) is 0 Å². The molecule has 8 nitrogen and oxygen atoms in total. The van der Waals surface area contributed by atoms with E-state index >= 15 is 0 Å². The minimum absolute atomic E-state index is 0.176. The molecule has 24 heavy (non-hydrogen) atoms. The molecular formula is C16H13N5O3. The molecule has 8 heteroatoms. The van der Waals surface area contributed by atoms with Gasteiger partial charge < -0.3 is 10.6 Å². The van der Waals surface area contributed by atoms with Gasteiger partial charge in [-0.15, -0.1) is 0 Å². The van der Waals surface area contributed by atoms with Crippen molar-refractivity contribution in [3.05, 3.63) is 76.5 Å². The molecule has 0 saturated heterocycles. The smallest absolute Gasteiger partial charge is 0.293 e. The number of amides is 1. The van der Waals surface area contributed by atoms with Gasteiger partial charge in [-0.05, 0) is 24.3 Å². The van der Waals surface area contributed by atoms with Gasteiger partial charge >= 0.3 is 0 Å². The normalized spacial score (nSPS) is 10.2. The first kappa shape index (κ1) is 15.2. The van der Waals surface area contributed by atoms with E-state index in [1.54, 1.807) is 18.2 Å². The maximum atomic E-state index is 12.2. The highest BCUT2D eigenvalue weighted by Gasteiger charge is 2.18. The average molecular weight is 323 g/mol. The largest absolute Gasteiger partial charge is 0.350 e. The van der Waals surface area contributed by atoms with Crippen LogP contribution in [0.4, 0.5) is 22.9 Å². The number of hydrogen-bond donors (Lipinski definition) is 3. The maximum absolute atomic E-state index is 12.2. The third-order valence-electron chi connectivity index (χ3n) is 3.26. The Bertz CT molecular complexity index is 863. The lowest BCUT2D eigenvalue weighted by Crippen LogP contribution is -2.12. The van der Waals surface area contributed by atoms with Crippen LogP contribution < -0.4 is 10.6 Å². The van der Waals surface area contributed by atoms with Crippen molar-refractivity contribution in [1.29, 1.82) is 0 Å². The molecule has 2 aromatic carbocycles. The Kier molecular flexibility index (Phi) is 4.19. The Morgan fingerprint density at radius 1 is 1.12 bits per heavy atom. The molecule has 0 bridgehead atoms. The molecule has 3 N–H and O–H groups in total. The summed E-state index contributed by atoms with van der Waals surface area (Å²) in [6.07, 6.45) is 1.49. The summed E-state index contributed by atoms with van der Waals surface area (Å²) in [6.45, 7) is 0. The van der Waals surface area contributed by atoms with E-state index in [0.717, 1.165) is 5.69 Å². The molecule has 0 aliphatic carbocycles. The third-order valence-corrected chi connectivity index (χ3v) is 3.26. The van der Waals surface area contributed by atoms with Crippen LogP contribution >= 0.6 is 0 Å². The van der Waals surface area contributed by atoms with E-state index < -0.39 is 10.8 Å². The summed E-state index contributed by atoms with van der Waals surface area (Å²) in [5, 5.41) is 23.2. The predicted molar refractivity (Wildman–Crippen MR) is 89.4 cm³/mol. The Morgan fingerprint density at radius 3 is 2.58 bits per heavy atom. The lowest BCUT2D eigenvalue weighted by Gasteiger charge is -2.08. The van der Waals surface area contributed by atoms with Gasteiger partial charge in [0.15, 0.2) is 0 Å². The van der Waals surface area contributed by atoms with E-state index in [9.17, 15) is 14.9 Å². The summed E-state index contributed by atoms with van der Waals surface area (Å²) in [7, 11) is 0. The lowest BCUT2D eigenvalue weighted by molar-refractivity contribution is -0.383. The highest BCUT2D eigenvalue weighted by molar-refractivity contribution is 6.04. The summed E-state index contributed by atoms with van der Waals surface area (Å²) < 4.78 is 0. The summed E-state index contributed by atoms with van der Waals surface area (Å²) in [5.41, 5.74) is 1.02. The lowest BCUT2D eigenvalue weighted by atomic mass is 10.1. The van der Waals surface area contributed by atoms with Crippen LogP contribution in [0.25, 0.3) is 0 Å². The number of aromatic amines is 1. The van der Waals surface area contributed by atoms with Gasteiger partial charge in [0.25, 0.3) is 11.6 Å². The van der Waals surface area contributed by atoms with Gasteiger partial charge in [-0.25, -0.2) is 0 Å². The molecule has 120 valence electrons. The topological polar surface area (TPSA) is 113 Å². The minimum atomic E-state index is -0.530. The number of H-pyrrole nitrogens is 1. The van der Waals surface area contributed by atoms with Crippen molar-refractivity contribution in [2.45, 2.75) is 0 Å². The quantitative estimate of drug-likeness (QED) is 0.492. The van der Waals surface area contributed by atoms with Crippen LogP contribution in [0.15, 0.2) is 60.8 Å². The maximum Gasteiger partial charge on any atom is 0.293 e. The summed E-state index contributed by atoms with van der Waals surface area (Å²) in [5.74, 6) is -0.0530. The van der Waals surface area contributed by atoms with Crippen LogP contribution in [0.2, 0.25) is 0 Å². The highest BCUT2D eigenvalue weighted by Crippen LogP contribution is 2.28. The fourth-order valence-corrected chi connectivity index (χ4v) is 2.13. The van der Waals surface area contributed by atoms with E-state index in [1.807, 2.05) is 18.2 Å². The molecule has 0 atom stereocenters. The number of benzene rings is 2. The van der Waals surface area contributed by atoms with E-state index in [0.29, 0.717) is 11.5 Å². The molecule has 0 spiro atoms. The van der Waals surface area contributed by atoms with E-state index in [1.165, 1.54) is 24.4 Å². The number of aromatic nitrogens is 2. The summed E-state index contributed by atoms with van der Waals surface area (Å²) >= 11 is 0. The number of nitrogens with zero attached hydrogens (tertiary/aromatic N) is 2. The first-order valence-corrected chi connectivity index (χ1v) is 7.05. The van der Waals surface area contributed by atoms with Crippen LogP contribution in [0.1, 0.15) is 10.4 Å². The van der Waals surface area contributed by atoms with Gasteiger partial charge in [0, 0.05) is 23.4 Å². The fraction of sp³-hybridized carbons (Fsp3) is 0. The predicted octanol–water partition coefficient (Wildman–Crippen LogP) is 3.31. The standard InChI is InChI=1S/C16H13N5O3/c22-16(19-15-8-9-17-20-15)11-6-7-13(14(10-11)21(23)24)18-12-4-2-1-3-5-12/h1-10,18H,(H2,17,19,20,22). The Morgan fingerprint density at radius 2 is 1.92 bits per heavy atom. The molecule has 0 aliphatic heterocycles. The second-order valence-corrected chi connectivity index (χ2v) is 4.90. The number of nitro groups is 1. The van der Waals surface area contributed by atoms with Crippen LogP contribution in [0.3, 0.4) is 0 Å². The first-order valence-electron chi connectivity index (χ1n) is 7.05. The number of anilines is 3. The molecule has 1 aromatic heterocycles. The second-order valence-electron chi connectivity index (χ2n) is 4.90. The summed E-state index contributed by atoms with van der Waals surface area (Å²) in [6, 6.07) is 14.9. The molecule has 0 fully saturated rings. The highest BCUT2D eigenvalue weighted by atomic mass is 16.6. The molecular weight excluding hydrogens is 310 g/mol. The van der Waals surface area contributed by atoms with E-state index in [2.05, 4.69) is 20.8 Å². The van der Waals surface area contributed by atoms with Gasteiger partial charge in [0.1, 0.15) is 11.5 Å². The van der Waals surface area contributed by atoms with Crippen molar-refractivity contribution in [2.24, 2.45) is 0 Å². The number of nitrogens with one attached hydrogen (secondary N) is 3. The third kappa shape index (κ3) is 3.38. The zero-order valence-corrected chi connectivity index (χ0v) is 12.4. The second kappa shape index (κ2) is 6.61. The number of para-hydroxylation sites is 1. The molecule has 1 heterocycles. The van der Waals surface area contributed by atoms with Gasteiger partial charge in [0.05, 0.1) is 11.1 Å². The molecule has 3 aromatic rings. The van der Waals surface area contributed by atoms with Crippen LogP contribution in [-0.4, -0.2) is 21.0 Å². The van der Waals surface area contributed by atoms with Crippen LogP contribution in [0, 0.1) is 10.1 Å². The van der Waals surface area contributed by atoms with Crippen molar-refractivity contribution >= 4 is 28.8 Å². The minimum Gasteiger partial charge on any atom is -0.350 e. The average Bonchev–Trinajstić information content (AvgIpc) is 3.09. The van der Waals surface area contributed by atoms with E-state index in [4.69, 9.17) is 0 Å². The Hall–Kier alpha value is -3.68.